The standard InChI is InChI=1S/C6H12NO7P/c1-12-15(11,13-2)7-4(3-5(8)9)6(10)14-15/h4,7,11H,3H2,1-2H3,(H,8,9)/t4-/m0/s1. The zero-order valence-corrected chi connectivity index (χ0v) is 9.06. The van der Waals surface area contributed by atoms with Crippen LogP contribution in [0, 0.1) is 0 Å². The first-order chi connectivity index (χ1) is 6.82. The molecule has 1 heterocycles. The molecule has 1 fully saturated rings. The summed E-state index contributed by atoms with van der Waals surface area (Å²) in [5.74, 6) is -2.12. The van der Waals surface area contributed by atoms with E-state index in [-0.39, 0.29) is 0 Å². The van der Waals surface area contributed by atoms with Gasteiger partial charge in [-0.05, 0) is 0 Å². The summed E-state index contributed by atoms with van der Waals surface area (Å²) in [6, 6.07) is -1.18. The SMILES string of the molecule is COP1(O)(OC)N[C@@H](CC(=O)O)C(=O)O1. The Kier molecular flexibility index (Phi) is 2.99. The molecule has 1 aliphatic rings. The van der Waals surface area contributed by atoms with E-state index in [9.17, 15) is 14.5 Å². The zero-order valence-electron chi connectivity index (χ0n) is 8.17. The second-order valence-corrected chi connectivity index (χ2v) is 5.75. The molecule has 0 aromatic rings. The van der Waals surface area contributed by atoms with Crippen LogP contribution in [0.15, 0.2) is 0 Å². The van der Waals surface area contributed by atoms with Crippen molar-refractivity contribution in [2.24, 2.45) is 0 Å². The quantitative estimate of drug-likeness (QED) is 0.558. The van der Waals surface area contributed by atoms with Gasteiger partial charge in [0.05, 0.1) is 0 Å². The number of carboxylic acids is 1. The van der Waals surface area contributed by atoms with E-state index in [1.165, 1.54) is 0 Å². The maximum atomic E-state index is 11.2. The van der Waals surface area contributed by atoms with Gasteiger partial charge in [-0.3, -0.25) is 0 Å². The van der Waals surface area contributed by atoms with Gasteiger partial charge in [0.25, 0.3) is 0 Å². The van der Waals surface area contributed by atoms with Crippen molar-refractivity contribution in [3.05, 3.63) is 0 Å². The third-order valence-corrected chi connectivity index (χ3v) is 4.46. The van der Waals surface area contributed by atoms with E-state index in [1.54, 1.807) is 0 Å². The number of hydrogen-bond donors (Lipinski definition) is 3. The fourth-order valence-corrected chi connectivity index (χ4v) is 2.84. The van der Waals surface area contributed by atoms with Crippen LogP contribution in [0.1, 0.15) is 6.42 Å². The van der Waals surface area contributed by atoms with Crippen molar-refractivity contribution < 1.29 is 33.2 Å². The van der Waals surface area contributed by atoms with E-state index < -0.39 is 32.1 Å². The van der Waals surface area contributed by atoms with Crippen molar-refractivity contribution >= 4 is 19.6 Å². The van der Waals surface area contributed by atoms with Gasteiger partial charge in [0.15, 0.2) is 0 Å². The molecule has 0 aliphatic carbocycles. The summed E-state index contributed by atoms with van der Waals surface area (Å²) >= 11 is 0. The number of rotatable bonds is 4. The van der Waals surface area contributed by atoms with Gasteiger partial charge in [-0.15, -0.1) is 0 Å². The molecule has 3 N–H and O–H groups in total. The number of aliphatic carboxylic acids is 1. The predicted octanol–water partition coefficient (Wildman–Crippen LogP) is -0.611. The van der Waals surface area contributed by atoms with Gasteiger partial charge in [-0.2, -0.15) is 0 Å². The molecule has 1 atom stereocenters. The Hall–Kier alpha value is -0.790. The van der Waals surface area contributed by atoms with Crippen LogP contribution in [0.5, 0.6) is 0 Å². The maximum absolute atomic E-state index is 11.2. The first-order valence-corrected chi connectivity index (χ1v) is 5.91. The molecule has 8 nitrogen and oxygen atoms in total. The van der Waals surface area contributed by atoms with Crippen molar-refractivity contribution in [2.75, 3.05) is 14.2 Å². The third kappa shape index (κ3) is 2.24. The van der Waals surface area contributed by atoms with Gasteiger partial charge in [0, 0.05) is 0 Å². The Morgan fingerprint density at radius 3 is 2.47 bits per heavy atom. The molecule has 9 heteroatoms. The molecule has 0 amide bonds. The molecule has 0 radical (unpaired) electrons. The normalized spacial score (nSPS) is 30.2. The van der Waals surface area contributed by atoms with E-state index in [0.29, 0.717) is 0 Å². The molecule has 1 aliphatic heterocycles. The minimum absolute atomic E-state index is 0.524. The van der Waals surface area contributed by atoms with Crippen molar-refractivity contribution in [3.63, 3.8) is 0 Å². The summed E-state index contributed by atoms with van der Waals surface area (Å²) in [4.78, 5) is 31.5. The molecular formula is C6H12NO7P. The number of hydrogen-bond acceptors (Lipinski definition) is 7. The summed E-state index contributed by atoms with van der Waals surface area (Å²) in [5, 5.41) is 10.7. The average Bonchev–Trinajstić information content (AvgIpc) is 2.41. The predicted molar refractivity (Wildman–Crippen MR) is 48.4 cm³/mol. The van der Waals surface area contributed by atoms with Crippen LogP contribution in [0.3, 0.4) is 0 Å². The number of carboxylic acid groups (broad SMARTS) is 1. The van der Waals surface area contributed by atoms with Crippen LogP contribution in [-0.4, -0.2) is 42.2 Å². The van der Waals surface area contributed by atoms with Crippen LogP contribution >= 0.6 is 7.66 Å². The second kappa shape index (κ2) is 3.66. The van der Waals surface area contributed by atoms with Crippen molar-refractivity contribution in [1.82, 2.24) is 5.09 Å². The first-order valence-electron chi connectivity index (χ1n) is 3.96. The van der Waals surface area contributed by atoms with Crippen LogP contribution in [0.2, 0.25) is 0 Å². The van der Waals surface area contributed by atoms with E-state index in [1.807, 2.05) is 0 Å². The number of carbonyl (C=O) groups excluding carboxylic acids is 1. The Morgan fingerprint density at radius 1 is 1.60 bits per heavy atom. The summed E-state index contributed by atoms with van der Waals surface area (Å²) in [5.41, 5.74) is 0. The molecule has 0 unspecified atom stereocenters. The van der Waals surface area contributed by atoms with Crippen LogP contribution < -0.4 is 5.09 Å². The molecule has 0 aromatic heterocycles. The van der Waals surface area contributed by atoms with E-state index in [4.69, 9.17) is 5.11 Å². The Bertz CT molecular complexity index is 302. The molecule has 1 saturated heterocycles. The van der Waals surface area contributed by atoms with Crippen molar-refractivity contribution in [3.8, 4) is 0 Å². The van der Waals surface area contributed by atoms with Gasteiger partial charge < -0.3 is 0 Å². The van der Waals surface area contributed by atoms with Crippen LogP contribution in [0.25, 0.3) is 0 Å². The number of nitrogens with one attached hydrogen (secondary N) is 1. The Morgan fingerprint density at radius 2 is 2.13 bits per heavy atom. The summed E-state index contributed by atoms with van der Waals surface area (Å²) in [6.07, 6.45) is -0.524. The summed E-state index contributed by atoms with van der Waals surface area (Å²) < 4.78 is 13.8. The fourth-order valence-electron chi connectivity index (χ4n) is 1.12. The topological polar surface area (TPSA) is 114 Å². The molecule has 0 aromatic carbocycles. The minimum atomic E-state index is -4.61. The van der Waals surface area contributed by atoms with Gasteiger partial charge in [-0.1, -0.05) is 0 Å². The average molecular weight is 241 g/mol. The zero-order chi connectivity index (χ0) is 11.7. The molecule has 15 heavy (non-hydrogen) atoms. The fraction of sp³-hybridized carbons (Fsp3) is 0.667. The van der Waals surface area contributed by atoms with Gasteiger partial charge in [0.2, 0.25) is 0 Å². The van der Waals surface area contributed by atoms with E-state index in [0.717, 1.165) is 14.2 Å². The van der Waals surface area contributed by atoms with E-state index >= 15 is 0 Å². The molecule has 0 spiro atoms. The Balaban J connectivity index is 2.86. The second-order valence-electron chi connectivity index (χ2n) is 2.90. The number of carbonyl (C=O) groups is 2. The Labute approximate surface area is 85.4 Å². The van der Waals surface area contributed by atoms with E-state index in [2.05, 4.69) is 18.7 Å². The van der Waals surface area contributed by atoms with Crippen molar-refractivity contribution in [1.29, 1.82) is 0 Å². The van der Waals surface area contributed by atoms with Gasteiger partial charge in [0.1, 0.15) is 0 Å². The molecule has 0 bridgehead atoms. The van der Waals surface area contributed by atoms with Crippen LogP contribution in [0.4, 0.5) is 0 Å². The van der Waals surface area contributed by atoms with Gasteiger partial charge >= 0.3 is 84.5 Å². The van der Waals surface area contributed by atoms with Crippen LogP contribution in [-0.2, 0) is 23.2 Å². The van der Waals surface area contributed by atoms with Gasteiger partial charge in [-0.25, -0.2) is 0 Å². The first kappa shape index (κ1) is 12.3. The monoisotopic (exact) mass is 241 g/mol. The summed E-state index contributed by atoms with van der Waals surface area (Å²) in [6.45, 7) is 0. The molecule has 0 saturated carbocycles. The molecule has 88 valence electrons. The summed E-state index contributed by atoms with van der Waals surface area (Å²) in [7, 11) is -2.43. The third-order valence-electron chi connectivity index (χ3n) is 1.93. The van der Waals surface area contributed by atoms with Crippen molar-refractivity contribution in [2.45, 2.75) is 12.5 Å². The molecule has 1 rings (SSSR count). The molecular weight excluding hydrogens is 229 g/mol.